The number of halogens is 2. The molecule has 102 valence electrons. The Bertz CT molecular complexity index is 952. The molecule has 1 aromatic heterocycles. The second-order valence-corrected chi connectivity index (χ2v) is 6.68. The van der Waals surface area contributed by atoms with Crippen molar-refractivity contribution in [1.82, 2.24) is 0 Å². The van der Waals surface area contributed by atoms with Gasteiger partial charge in [-0.15, -0.1) is 0 Å². The molecule has 1 nitrogen and oxygen atoms in total. The Morgan fingerprint density at radius 3 is 2.10 bits per heavy atom. The van der Waals surface area contributed by atoms with E-state index in [2.05, 4.69) is 68.3 Å². The first-order valence-electron chi connectivity index (χ1n) is 6.60. The summed E-state index contributed by atoms with van der Waals surface area (Å²) in [6.07, 6.45) is 0. The topological polar surface area (TPSA) is 13.1 Å². The zero-order chi connectivity index (χ0) is 14.4. The Morgan fingerprint density at radius 1 is 0.667 bits per heavy atom. The lowest BCUT2D eigenvalue weighted by molar-refractivity contribution is 0.668. The Morgan fingerprint density at radius 2 is 1.33 bits per heavy atom. The van der Waals surface area contributed by atoms with Crippen molar-refractivity contribution in [2.75, 3.05) is 0 Å². The summed E-state index contributed by atoms with van der Waals surface area (Å²) >= 11 is 7.04. The largest absolute Gasteiger partial charge is 0.454 e. The first-order valence-corrected chi connectivity index (χ1v) is 8.18. The highest BCUT2D eigenvalue weighted by Crippen LogP contribution is 2.38. The van der Waals surface area contributed by atoms with Crippen LogP contribution in [0.2, 0.25) is 0 Å². The molecule has 0 fully saturated rings. The predicted octanol–water partition coefficient (Wildman–Crippen LogP) is 6.78. The minimum Gasteiger partial charge on any atom is -0.454 e. The maximum absolute atomic E-state index is 6.14. The molecular formula is C18H10Br2O. The number of benzene rings is 3. The van der Waals surface area contributed by atoms with E-state index < -0.39 is 0 Å². The molecule has 0 aliphatic heterocycles. The quantitative estimate of drug-likeness (QED) is 0.342. The van der Waals surface area contributed by atoms with Gasteiger partial charge in [0.2, 0.25) is 0 Å². The third kappa shape index (κ3) is 2.12. The monoisotopic (exact) mass is 400 g/mol. The molecule has 0 saturated carbocycles. The third-order valence-corrected chi connectivity index (χ3v) is 4.78. The SMILES string of the molecule is Brc1ccc(-c2cccc3c2oc2c(Br)cccc23)cc1. The van der Waals surface area contributed by atoms with Gasteiger partial charge in [-0.05, 0) is 39.7 Å². The lowest BCUT2D eigenvalue weighted by Crippen LogP contribution is -1.78. The van der Waals surface area contributed by atoms with Crippen molar-refractivity contribution in [3.8, 4) is 11.1 Å². The van der Waals surface area contributed by atoms with Gasteiger partial charge in [0, 0.05) is 20.8 Å². The summed E-state index contributed by atoms with van der Waals surface area (Å²) in [4.78, 5) is 0. The third-order valence-electron chi connectivity index (χ3n) is 3.63. The first kappa shape index (κ1) is 13.1. The van der Waals surface area contributed by atoms with Crippen LogP contribution < -0.4 is 0 Å². The fourth-order valence-electron chi connectivity index (χ4n) is 2.64. The van der Waals surface area contributed by atoms with Crippen LogP contribution in [-0.4, -0.2) is 0 Å². The van der Waals surface area contributed by atoms with Gasteiger partial charge in [-0.1, -0.05) is 58.4 Å². The molecule has 0 unspecified atom stereocenters. The molecular weight excluding hydrogens is 392 g/mol. The summed E-state index contributed by atoms with van der Waals surface area (Å²) in [5, 5.41) is 2.28. The summed E-state index contributed by atoms with van der Waals surface area (Å²) in [5.41, 5.74) is 4.10. The number of furan rings is 1. The van der Waals surface area contributed by atoms with E-state index in [9.17, 15) is 0 Å². The number of hydrogen-bond acceptors (Lipinski definition) is 1. The van der Waals surface area contributed by atoms with Crippen LogP contribution in [0.3, 0.4) is 0 Å². The van der Waals surface area contributed by atoms with E-state index in [0.29, 0.717) is 0 Å². The van der Waals surface area contributed by atoms with E-state index in [0.717, 1.165) is 42.0 Å². The van der Waals surface area contributed by atoms with Gasteiger partial charge in [0.15, 0.2) is 0 Å². The van der Waals surface area contributed by atoms with Crippen molar-refractivity contribution in [3.63, 3.8) is 0 Å². The minimum atomic E-state index is 0.900. The van der Waals surface area contributed by atoms with Crippen molar-refractivity contribution in [2.45, 2.75) is 0 Å². The van der Waals surface area contributed by atoms with Crippen molar-refractivity contribution >= 4 is 53.8 Å². The second-order valence-electron chi connectivity index (χ2n) is 4.91. The predicted molar refractivity (Wildman–Crippen MR) is 94.6 cm³/mol. The average Bonchev–Trinajstić information content (AvgIpc) is 2.89. The highest BCUT2D eigenvalue weighted by molar-refractivity contribution is 9.11. The van der Waals surface area contributed by atoms with Crippen molar-refractivity contribution in [3.05, 3.63) is 69.6 Å². The van der Waals surface area contributed by atoms with Crippen LogP contribution in [0.25, 0.3) is 33.1 Å². The van der Waals surface area contributed by atoms with Gasteiger partial charge < -0.3 is 4.42 Å². The van der Waals surface area contributed by atoms with E-state index in [1.54, 1.807) is 0 Å². The maximum atomic E-state index is 6.14. The second kappa shape index (κ2) is 5.00. The van der Waals surface area contributed by atoms with Crippen LogP contribution >= 0.6 is 31.9 Å². The average molecular weight is 402 g/mol. The highest BCUT2D eigenvalue weighted by Gasteiger charge is 2.13. The Kier molecular flexibility index (Phi) is 3.12. The molecule has 0 amide bonds. The molecule has 0 spiro atoms. The van der Waals surface area contributed by atoms with Crippen molar-refractivity contribution in [2.24, 2.45) is 0 Å². The number of fused-ring (bicyclic) bond motifs is 3. The smallest absolute Gasteiger partial charge is 0.149 e. The molecule has 0 atom stereocenters. The number of hydrogen-bond donors (Lipinski definition) is 0. The molecule has 3 heteroatoms. The highest BCUT2D eigenvalue weighted by atomic mass is 79.9. The van der Waals surface area contributed by atoms with Gasteiger partial charge in [-0.25, -0.2) is 0 Å². The summed E-state index contributed by atoms with van der Waals surface area (Å²) in [6.45, 7) is 0. The van der Waals surface area contributed by atoms with E-state index in [1.165, 1.54) is 0 Å². The number of rotatable bonds is 1. The Balaban J connectivity index is 2.08. The van der Waals surface area contributed by atoms with Crippen LogP contribution in [0, 0.1) is 0 Å². The normalized spacial score (nSPS) is 11.3. The molecule has 0 saturated heterocycles. The van der Waals surface area contributed by atoms with Gasteiger partial charge in [-0.2, -0.15) is 0 Å². The molecule has 0 bridgehead atoms. The zero-order valence-corrected chi connectivity index (χ0v) is 14.1. The zero-order valence-electron chi connectivity index (χ0n) is 10.9. The summed E-state index contributed by atoms with van der Waals surface area (Å²) in [5.74, 6) is 0. The lowest BCUT2D eigenvalue weighted by Gasteiger charge is -2.02. The van der Waals surface area contributed by atoms with E-state index in [1.807, 2.05) is 24.3 Å². The maximum Gasteiger partial charge on any atom is 0.149 e. The molecule has 3 aromatic carbocycles. The van der Waals surface area contributed by atoms with Crippen LogP contribution in [0.4, 0.5) is 0 Å². The molecule has 21 heavy (non-hydrogen) atoms. The molecule has 0 radical (unpaired) electrons. The van der Waals surface area contributed by atoms with Gasteiger partial charge in [0.05, 0.1) is 4.47 Å². The Hall–Kier alpha value is -1.58. The lowest BCUT2D eigenvalue weighted by atomic mass is 10.0. The van der Waals surface area contributed by atoms with Crippen molar-refractivity contribution in [1.29, 1.82) is 0 Å². The minimum absolute atomic E-state index is 0.900. The van der Waals surface area contributed by atoms with Crippen LogP contribution in [0.5, 0.6) is 0 Å². The standard InChI is InChI=1S/C18H10Br2O/c19-12-9-7-11(8-10-12)13-3-1-4-14-15-5-2-6-16(20)18(15)21-17(13)14/h1-10H. The van der Waals surface area contributed by atoms with E-state index >= 15 is 0 Å². The fourth-order valence-corrected chi connectivity index (χ4v) is 3.35. The molecule has 0 aliphatic rings. The van der Waals surface area contributed by atoms with Gasteiger partial charge in [0.25, 0.3) is 0 Å². The molecule has 0 aliphatic carbocycles. The number of para-hydroxylation sites is 2. The first-order chi connectivity index (χ1) is 10.2. The van der Waals surface area contributed by atoms with Crippen LogP contribution in [0.15, 0.2) is 74.0 Å². The molecule has 4 aromatic rings. The van der Waals surface area contributed by atoms with E-state index in [4.69, 9.17) is 4.42 Å². The summed E-state index contributed by atoms with van der Waals surface area (Å²) in [7, 11) is 0. The van der Waals surface area contributed by atoms with Crippen LogP contribution in [0.1, 0.15) is 0 Å². The van der Waals surface area contributed by atoms with E-state index in [-0.39, 0.29) is 0 Å². The van der Waals surface area contributed by atoms with Gasteiger partial charge in [0.1, 0.15) is 11.2 Å². The summed E-state index contributed by atoms with van der Waals surface area (Å²) in [6, 6.07) is 20.7. The molecule has 1 heterocycles. The van der Waals surface area contributed by atoms with Gasteiger partial charge >= 0.3 is 0 Å². The van der Waals surface area contributed by atoms with Crippen molar-refractivity contribution < 1.29 is 4.42 Å². The molecule has 0 N–H and O–H groups in total. The van der Waals surface area contributed by atoms with Gasteiger partial charge in [-0.3, -0.25) is 0 Å². The molecule has 4 rings (SSSR count). The fraction of sp³-hybridized carbons (Fsp3) is 0. The Labute approximate surface area is 138 Å². The summed E-state index contributed by atoms with van der Waals surface area (Å²) < 4.78 is 8.20. The van der Waals surface area contributed by atoms with Crippen LogP contribution in [-0.2, 0) is 0 Å².